The van der Waals surface area contributed by atoms with E-state index in [0.29, 0.717) is 28.9 Å². The number of hydrogen-bond donors (Lipinski definition) is 1. The van der Waals surface area contributed by atoms with Gasteiger partial charge in [0, 0.05) is 35.6 Å². The highest BCUT2D eigenvalue weighted by Crippen LogP contribution is 2.28. The molecule has 2 fully saturated rings. The van der Waals surface area contributed by atoms with Crippen molar-refractivity contribution in [1.82, 2.24) is 10.2 Å². The molecule has 1 aromatic rings. The lowest BCUT2D eigenvalue weighted by molar-refractivity contribution is -0.132. The Bertz CT molecular complexity index is 555. The molecule has 6 heteroatoms. The van der Waals surface area contributed by atoms with Gasteiger partial charge in [0.05, 0.1) is 0 Å². The van der Waals surface area contributed by atoms with Gasteiger partial charge in [0.15, 0.2) is 0 Å². The van der Waals surface area contributed by atoms with Crippen LogP contribution in [0.3, 0.4) is 0 Å². The molecule has 3 nitrogen and oxygen atoms in total. The number of halogens is 3. The summed E-state index contributed by atoms with van der Waals surface area (Å²) in [5.41, 5.74) is 0.991. The maximum Gasteiger partial charge on any atom is 0.222 e. The smallest absolute Gasteiger partial charge is 0.222 e. The van der Waals surface area contributed by atoms with Crippen molar-refractivity contribution in [3.05, 3.63) is 33.8 Å². The minimum Gasteiger partial charge on any atom is -0.343 e. The van der Waals surface area contributed by atoms with Crippen LogP contribution in [0.1, 0.15) is 37.7 Å². The molecule has 0 radical (unpaired) electrons. The van der Waals surface area contributed by atoms with Crippen LogP contribution >= 0.6 is 35.6 Å². The number of benzene rings is 1. The molecule has 24 heavy (non-hydrogen) atoms. The summed E-state index contributed by atoms with van der Waals surface area (Å²) in [5.74, 6) is 1.15. The lowest BCUT2D eigenvalue weighted by Crippen LogP contribution is -2.45. The van der Waals surface area contributed by atoms with Crippen molar-refractivity contribution in [3.63, 3.8) is 0 Å². The van der Waals surface area contributed by atoms with Crippen molar-refractivity contribution in [2.45, 2.75) is 44.6 Å². The number of nitrogens with one attached hydrogen (secondary N) is 1. The molecule has 3 rings (SSSR count). The molecule has 0 bridgehead atoms. The van der Waals surface area contributed by atoms with Gasteiger partial charge in [-0.3, -0.25) is 4.79 Å². The minimum absolute atomic E-state index is 0. The van der Waals surface area contributed by atoms with Gasteiger partial charge in [-0.1, -0.05) is 29.3 Å². The second-order valence-corrected chi connectivity index (χ2v) is 7.59. The number of carbonyl (C=O) groups excluding carboxylic acids is 1. The van der Waals surface area contributed by atoms with Gasteiger partial charge in [0.2, 0.25) is 5.91 Å². The van der Waals surface area contributed by atoms with E-state index in [1.165, 1.54) is 12.8 Å². The Hall–Kier alpha value is -0.480. The van der Waals surface area contributed by atoms with Gasteiger partial charge < -0.3 is 10.2 Å². The van der Waals surface area contributed by atoms with E-state index < -0.39 is 0 Å². The fourth-order valence-corrected chi connectivity index (χ4v) is 3.62. The zero-order valence-corrected chi connectivity index (χ0v) is 16.1. The molecule has 1 aliphatic heterocycles. The first-order valence-electron chi connectivity index (χ1n) is 8.57. The third-order valence-corrected chi connectivity index (χ3v) is 5.45. The monoisotopic (exact) mass is 390 g/mol. The summed E-state index contributed by atoms with van der Waals surface area (Å²) in [6, 6.07) is 6.06. The van der Waals surface area contributed by atoms with E-state index >= 15 is 0 Å². The second kappa shape index (κ2) is 9.28. The Morgan fingerprint density at radius 1 is 1.17 bits per heavy atom. The lowest BCUT2D eigenvalue weighted by Gasteiger charge is -2.32. The molecule has 0 spiro atoms. The third-order valence-electron chi connectivity index (χ3n) is 4.86. The van der Waals surface area contributed by atoms with Crippen LogP contribution in [-0.4, -0.2) is 36.5 Å². The molecule has 1 amide bonds. The maximum absolute atomic E-state index is 12.4. The maximum atomic E-state index is 12.4. The first-order valence-corrected chi connectivity index (χ1v) is 9.32. The minimum atomic E-state index is 0. The fourth-order valence-electron chi connectivity index (χ4n) is 3.11. The fraction of sp³-hybridized carbons (Fsp3) is 0.611. The summed E-state index contributed by atoms with van der Waals surface area (Å²) in [6.07, 6.45) is 6.10. The predicted octanol–water partition coefficient (Wildman–Crippen LogP) is 4.34. The van der Waals surface area contributed by atoms with Crippen molar-refractivity contribution in [1.29, 1.82) is 0 Å². The largest absolute Gasteiger partial charge is 0.343 e. The van der Waals surface area contributed by atoms with Crippen LogP contribution in [0.15, 0.2) is 18.2 Å². The third kappa shape index (κ3) is 5.80. The molecule has 0 unspecified atom stereocenters. The molecule has 0 aromatic heterocycles. The summed E-state index contributed by atoms with van der Waals surface area (Å²) in [6.45, 7) is 2.90. The summed E-state index contributed by atoms with van der Waals surface area (Å²) < 4.78 is 0. The number of aryl methyl sites for hydroxylation is 1. The molecule has 1 aromatic carbocycles. The Kier molecular flexibility index (Phi) is 7.67. The van der Waals surface area contributed by atoms with Gasteiger partial charge in [0.1, 0.15) is 0 Å². The van der Waals surface area contributed by atoms with Gasteiger partial charge in [-0.2, -0.15) is 0 Å². The number of carbonyl (C=O) groups is 1. The first-order chi connectivity index (χ1) is 11.1. The van der Waals surface area contributed by atoms with Crippen LogP contribution in [-0.2, 0) is 11.2 Å². The van der Waals surface area contributed by atoms with Crippen molar-refractivity contribution in [2.24, 2.45) is 5.92 Å². The Balaban J connectivity index is 0.00000208. The first kappa shape index (κ1) is 19.8. The summed E-state index contributed by atoms with van der Waals surface area (Å²) in [7, 11) is 0. The zero-order chi connectivity index (χ0) is 16.2. The number of hydrogen-bond acceptors (Lipinski definition) is 2. The molecule has 1 saturated carbocycles. The molecule has 1 heterocycles. The highest BCUT2D eigenvalue weighted by atomic mass is 35.5. The van der Waals surface area contributed by atoms with Crippen molar-refractivity contribution in [2.75, 3.05) is 19.6 Å². The van der Waals surface area contributed by atoms with E-state index in [2.05, 4.69) is 5.32 Å². The van der Waals surface area contributed by atoms with E-state index in [1.54, 1.807) is 6.07 Å². The van der Waals surface area contributed by atoms with Gasteiger partial charge >= 0.3 is 0 Å². The van der Waals surface area contributed by atoms with Crippen molar-refractivity contribution >= 4 is 41.5 Å². The molecule has 1 N–H and O–H groups in total. The quantitative estimate of drug-likeness (QED) is 0.782. The zero-order valence-electron chi connectivity index (χ0n) is 13.8. The molecular formula is C18H25Cl3N2O. The predicted molar refractivity (Wildman–Crippen MR) is 102 cm³/mol. The number of nitrogens with zero attached hydrogens (tertiary/aromatic N) is 1. The highest BCUT2D eigenvalue weighted by molar-refractivity contribution is 6.35. The molecule has 0 atom stereocenters. The van der Waals surface area contributed by atoms with Gasteiger partial charge in [-0.25, -0.2) is 0 Å². The van der Waals surface area contributed by atoms with E-state index in [0.717, 1.165) is 44.0 Å². The molecule has 2 aliphatic rings. The summed E-state index contributed by atoms with van der Waals surface area (Å²) in [5, 5.41) is 4.92. The van der Waals surface area contributed by atoms with Crippen LogP contribution in [0.4, 0.5) is 0 Å². The SMILES string of the molecule is Cl.O=C(CCc1ccc(Cl)cc1Cl)N1CCC(NCC2CC2)CC1. The van der Waals surface area contributed by atoms with E-state index in [9.17, 15) is 4.79 Å². The molecule has 1 saturated heterocycles. The summed E-state index contributed by atoms with van der Waals surface area (Å²) >= 11 is 12.1. The lowest BCUT2D eigenvalue weighted by atomic mass is 10.0. The second-order valence-electron chi connectivity index (χ2n) is 6.74. The van der Waals surface area contributed by atoms with E-state index in [1.807, 2.05) is 17.0 Å². The van der Waals surface area contributed by atoms with Gasteiger partial charge in [-0.15, -0.1) is 12.4 Å². The topological polar surface area (TPSA) is 32.3 Å². The van der Waals surface area contributed by atoms with E-state index in [-0.39, 0.29) is 18.3 Å². The average Bonchev–Trinajstić information content (AvgIpc) is 3.37. The van der Waals surface area contributed by atoms with Crippen LogP contribution in [0.25, 0.3) is 0 Å². The highest BCUT2D eigenvalue weighted by Gasteiger charge is 2.25. The van der Waals surface area contributed by atoms with Crippen LogP contribution in [0.2, 0.25) is 10.0 Å². The number of amides is 1. The standard InChI is InChI=1S/C18H24Cl2N2O.ClH/c19-15-5-3-14(17(20)11-15)4-6-18(23)22-9-7-16(8-10-22)21-12-13-1-2-13;/h3,5,11,13,16,21H,1-2,4,6-10,12H2;1H. The van der Waals surface area contributed by atoms with E-state index in [4.69, 9.17) is 23.2 Å². The number of rotatable bonds is 6. The molecule has 1 aliphatic carbocycles. The van der Waals surface area contributed by atoms with Crippen molar-refractivity contribution < 1.29 is 4.79 Å². The number of likely N-dealkylation sites (tertiary alicyclic amines) is 1. The van der Waals surface area contributed by atoms with Crippen LogP contribution in [0.5, 0.6) is 0 Å². The van der Waals surface area contributed by atoms with Crippen molar-refractivity contribution in [3.8, 4) is 0 Å². The van der Waals surface area contributed by atoms with Gasteiger partial charge in [0.25, 0.3) is 0 Å². The normalized spacial score (nSPS) is 18.3. The number of piperidine rings is 1. The Labute approximate surface area is 160 Å². The summed E-state index contributed by atoms with van der Waals surface area (Å²) in [4.78, 5) is 14.4. The molecule has 134 valence electrons. The average molecular weight is 392 g/mol. The van der Waals surface area contributed by atoms with Crippen LogP contribution < -0.4 is 5.32 Å². The Morgan fingerprint density at radius 2 is 1.88 bits per heavy atom. The van der Waals surface area contributed by atoms with Gasteiger partial charge in [-0.05, 0) is 62.3 Å². The van der Waals surface area contributed by atoms with Crippen LogP contribution in [0, 0.1) is 5.92 Å². The Morgan fingerprint density at radius 3 is 2.50 bits per heavy atom. The molecular weight excluding hydrogens is 367 g/mol.